The van der Waals surface area contributed by atoms with E-state index in [0.29, 0.717) is 0 Å². The van der Waals surface area contributed by atoms with Crippen LogP contribution in [0.15, 0.2) is 255 Å². The van der Waals surface area contributed by atoms with Crippen molar-refractivity contribution in [2.75, 3.05) is 9.80 Å². The van der Waals surface area contributed by atoms with Crippen LogP contribution >= 0.6 is 0 Å². The normalized spacial score (nSPS) is 14.1. The highest BCUT2D eigenvalue weighted by Gasteiger charge is 2.50. The van der Waals surface area contributed by atoms with Crippen LogP contribution < -0.4 is 51.3 Å². The lowest BCUT2D eigenvalue weighted by molar-refractivity contribution is 1.27. The Labute approximate surface area is 390 Å². The largest absolute Gasteiger partial charge is 0.311 e. The summed E-state index contributed by atoms with van der Waals surface area (Å²) in [6.45, 7) is 4.52. The van der Waals surface area contributed by atoms with Crippen molar-refractivity contribution < 1.29 is 0 Å². The topological polar surface area (TPSA) is 6.48 Å². The Hall–Kier alpha value is -7.77. The molecule has 0 saturated heterocycles. The molecule has 2 aliphatic rings. The lowest BCUT2D eigenvalue weighted by Crippen LogP contribution is -2.77. The van der Waals surface area contributed by atoms with Crippen molar-refractivity contribution in [3.8, 4) is 11.1 Å². The molecule has 0 saturated carbocycles. The number of benzene rings is 10. The van der Waals surface area contributed by atoms with Gasteiger partial charge in [0.1, 0.15) is 0 Å². The number of fused-ring (bicyclic) bond motifs is 4. The van der Waals surface area contributed by atoms with Crippen LogP contribution in [0, 0.1) is 13.8 Å². The first-order valence-corrected chi connectivity index (χ1v) is 27.0. The maximum atomic E-state index is 2.53. The summed E-state index contributed by atoms with van der Waals surface area (Å²) in [6.07, 6.45) is 0. The van der Waals surface area contributed by atoms with Gasteiger partial charge in [0.15, 0.2) is 16.1 Å². The molecule has 0 bridgehead atoms. The SMILES string of the molecule is Cc1ccc(N2c3ccccc3[Si](c3ccccc3)(c3ccccc3)c3ccccc32)cc1-c1cc(N2c3ccccc3[Si](c3ccccc3)(c3ccccc3)c3ccccc32)ccc1C. The van der Waals surface area contributed by atoms with Crippen LogP contribution in [0.5, 0.6) is 0 Å². The Morgan fingerprint density at radius 2 is 0.500 bits per heavy atom. The molecule has 0 fully saturated rings. The van der Waals surface area contributed by atoms with Crippen LogP contribution in [0.4, 0.5) is 34.1 Å². The molecule has 0 unspecified atom stereocenters. The Balaban J connectivity index is 1.04. The van der Waals surface area contributed by atoms with Crippen LogP contribution in [0.3, 0.4) is 0 Å². The standard InChI is InChI=1S/C62H48N2Si2/c1-45-39-41-47(63-55-31-15-19-35-59(55)65(49-23-7-3-8-24-49,50-25-9-4-10-26-50)60-36-20-16-32-56(60)63)43-53(45)54-44-48(42-40-46(54)2)64-57-33-17-21-37-61(57)66(51-27-11-5-12-28-51,52-29-13-6-14-30-52)62-38-22-18-34-58(62)64/h3-44H,1-2H3. The summed E-state index contributed by atoms with van der Waals surface area (Å²) in [5, 5.41) is 11.2. The van der Waals surface area contributed by atoms with Crippen molar-refractivity contribution in [1.82, 2.24) is 0 Å². The number of para-hydroxylation sites is 4. The third-order valence-electron chi connectivity index (χ3n) is 14.3. The maximum Gasteiger partial charge on any atom is 0.184 e. The molecule has 66 heavy (non-hydrogen) atoms. The first-order chi connectivity index (χ1) is 32.6. The Bertz CT molecular complexity index is 3000. The van der Waals surface area contributed by atoms with Gasteiger partial charge in [-0.05, 0) is 126 Å². The Morgan fingerprint density at radius 3 is 0.773 bits per heavy atom. The Morgan fingerprint density at radius 1 is 0.258 bits per heavy atom. The molecule has 0 radical (unpaired) electrons. The lowest BCUT2D eigenvalue weighted by Gasteiger charge is -2.45. The average molecular weight is 877 g/mol. The van der Waals surface area contributed by atoms with Gasteiger partial charge < -0.3 is 9.80 Å². The van der Waals surface area contributed by atoms with E-state index in [0.717, 1.165) is 11.4 Å². The highest BCUT2D eigenvalue weighted by atomic mass is 28.3. The van der Waals surface area contributed by atoms with E-state index in [2.05, 4.69) is 278 Å². The zero-order chi connectivity index (χ0) is 44.2. The van der Waals surface area contributed by atoms with Gasteiger partial charge in [-0.25, -0.2) is 0 Å². The third-order valence-corrected chi connectivity index (χ3v) is 24.0. The molecule has 0 aliphatic carbocycles. The van der Waals surface area contributed by atoms with Gasteiger partial charge >= 0.3 is 0 Å². The van der Waals surface area contributed by atoms with Gasteiger partial charge in [-0.3, -0.25) is 0 Å². The van der Waals surface area contributed by atoms with E-state index in [4.69, 9.17) is 0 Å². The van der Waals surface area contributed by atoms with Gasteiger partial charge in [-0.1, -0.05) is 206 Å². The van der Waals surface area contributed by atoms with Crippen molar-refractivity contribution in [1.29, 1.82) is 0 Å². The summed E-state index contributed by atoms with van der Waals surface area (Å²) in [6, 6.07) is 95.9. The molecule has 4 heteroatoms. The highest BCUT2D eigenvalue weighted by Crippen LogP contribution is 2.44. The van der Waals surface area contributed by atoms with E-state index in [-0.39, 0.29) is 0 Å². The molecule has 314 valence electrons. The summed E-state index contributed by atoms with van der Waals surface area (Å²) >= 11 is 0. The number of hydrogen-bond acceptors (Lipinski definition) is 2. The minimum atomic E-state index is -2.73. The second-order valence-corrected chi connectivity index (χ2v) is 25.2. The molecular weight excluding hydrogens is 829 g/mol. The van der Waals surface area contributed by atoms with E-state index < -0.39 is 16.1 Å². The zero-order valence-electron chi connectivity index (χ0n) is 37.1. The fraction of sp³-hybridized carbons (Fsp3) is 0.0323. The van der Waals surface area contributed by atoms with Crippen LogP contribution in [-0.4, -0.2) is 16.1 Å². The average Bonchev–Trinajstić information content (AvgIpc) is 3.39. The maximum absolute atomic E-state index is 2.73. The van der Waals surface area contributed by atoms with Crippen LogP contribution in [0.2, 0.25) is 0 Å². The predicted octanol–water partition coefficient (Wildman–Crippen LogP) is 10.3. The molecular formula is C62H48N2Si2. The first kappa shape index (κ1) is 39.8. The number of anilines is 6. The summed E-state index contributed by atoms with van der Waals surface area (Å²) in [5.41, 5.74) is 12.2. The van der Waals surface area contributed by atoms with Crippen molar-refractivity contribution in [2.45, 2.75) is 13.8 Å². The monoisotopic (exact) mass is 876 g/mol. The molecule has 12 rings (SSSR count). The number of rotatable bonds is 7. The van der Waals surface area contributed by atoms with Crippen molar-refractivity contribution in [3.05, 3.63) is 266 Å². The molecule has 0 aromatic heterocycles. The van der Waals surface area contributed by atoms with Gasteiger partial charge in [-0.15, -0.1) is 0 Å². The fourth-order valence-corrected chi connectivity index (χ4v) is 21.7. The molecule has 0 atom stereocenters. The number of hydrogen-bond donors (Lipinski definition) is 0. The lowest BCUT2D eigenvalue weighted by atomic mass is 9.94. The summed E-state index contributed by atoms with van der Waals surface area (Å²) in [7, 11) is -5.46. The molecule has 2 aliphatic heterocycles. The smallest absolute Gasteiger partial charge is 0.184 e. The van der Waals surface area contributed by atoms with Crippen molar-refractivity contribution in [3.63, 3.8) is 0 Å². The summed E-state index contributed by atoms with van der Waals surface area (Å²) in [4.78, 5) is 5.05. The second kappa shape index (κ2) is 16.0. The van der Waals surface area contributed by atoms with Gasteiger partial charge in [0.25, 0.3) is 0 Å². The zero-order valence-corrected chi connectivity index (χ0v) is 39.1. The van der Waals surface area contributed by atoms with Crippen LogP contribution in [0.1, 0.15) is 11.1 Å². The Kier molecular flexibility index (Phi) is 9.67. The molecule has 0 N–H and O–H groups in total. The quantitative estimate of drug-likeness (QED) is 0.147. The first-order valence-electron chi connectivity index (χ1n) is 23.0. The number of aryl methyl sites for hydroxylation is 2. The molecule has 0 spiro atoms. The minimum absolute atomic E-state index is 1.15. The summed E-state index contributed by atoms with van der Waals surface area (Å²) in [5.74, 6) is 0. The van der Waals surface area contributed by atoms with Gasteiger partial charge in [-0.2, -0.15) is 0 Å². The van der Waals surface area contributed by atoms with Crippen LogP contribution in [0.25, 0.3) is 11.1 Å². The second-order valence-electron chi connectivity index (χ2n) is 17.7. The molecule has 10 aromatic carbocycles. The molecule has 2 nitrogen and oxygen atoms in total. The summed E-state index contributed by atoms with van der Waals surface area (Å²) < 4.78 is 0. The van der Waals surface area contributed by atoms with Crippen molar-refractivity contribution in [2.24, 2.45) is 0 Å². The van der Waals surface area contributed by atoms with Gasteiger partial charge in [0.05, 0.1) is 0 Å². The fourth-order valence-electron chi connectivity index (χ4n) is 11.5. The molecule has 10 aromatic rings. The van der Waals surface area contributed by atoms with E-state index in [1.165, 1.54) is 86.5 Å². The van der Waals surface area contributed by atoms with Crippen molar-refractivity contribution >= 4 is 91.8 Å². The van der Waals surface area contributed by atoms with E-state index in [1.54, 1.807) is 0 Å². The van der Waals surface area contributed by atoms with E-state index >= 15 is 0 Å². The van der Waals surface area contributed by atoms with E-state index in [1.807, 2.05) is 0 Å². The predicted molar refractivity (Wildman–Crippen MR) is 285 cm³/mol. The van der Waals surface area contributed by atoms with Gasteiger partial charge in [0.2, 0.25) is 0 Å². The third kappa shape index (κ3) is 5.92. The van der Waals surface area contributed by atoms with Gasteiger partial charge in [0, 0.05) is 34.1 Å². The van der Waals surface area contributed by atoms with Crippen LogP contribution in [-0.2, 0) is 0 Å². The van der Waals surface area contributed by atoms with E-state index in [9.17, 15) is 0 Å². The molecule has 0 amide bonds. The highest BCUT2D eigenvalue weighted by molar-refractivity contribution is 7.22. The number of nitrogens with zero attached hydrogens (tertiary/aromatic N) is 2. The molecule has 2 heterocycles. The minimum Gasteiger partial charge on any atom is -0.311 e.